The van der Waals surface area contributed by atoms with Gasteiger partial charge in [-0.1, -0.05) is 42.5 Å². The molecule has 0 fully saturated rings. The summed E-state index contributed by atoms with van der Waals surface area (Å²) < 4.78 is 0. The molecule has 0 aliphatic heterocycles. The van der Waals surface area contributed by atoms with Crippen LogP contribution in [0.1, 0.15) is 6.42 Å². The normalized spacial score (nSPS) is 7.73. The summed E-state index contributed by atoms with van der Waals surface area (Å²) in [5, 5.41) is 8.00. The van der Waals surface area contributed by atoms with Crippen LogP contribution in [0.5, 0.6) is 0 Å². The van der Waals surface area contributed by atoms with E-state index in [0.717, 1.165) is 0 Å². The zero-order valence-corrected chi connectivity index (χ0v) is 6.61. The zero-order chi connectivity index (χ0) is 8.36. The molecule has 0 aliphatic rings. The molecule has 0 saturated heterocycles. The summed E-state index contributed by atoms with van der Waals surface area (Å²) in [7, 11) is 0. The molecule has 11 heavy (non-hydrogen) atoms. The molecule has 0 aliphatic carbocycles. The maximum atomic E-state index is 8.00. The second-order valence-corrected chi connectivity index (χ2v) is 1.96. The number of rotatable bonds is 2. The summed E-state index contributed by atoms with van der Waals surface area (Å²) in [4.78, 5) is 0. The van der Waals surface area contributed by atoms with Crippen molar-refractivity contribution in [3.05, 3.63) is 49.1 Å². The Hall–Kier alpha value is -1.08. The molecule has 60 valence electrons. The fraction of sp³-hybridized carbons (Fsp3) is 0.200. The molecule has 0 atom stereocenters. The first-order valence-corrected chi connectivity index (χ1v) is 3.63. The van der Waals surface area contributed by atoms with Crippen LogP contribution in [0.2, 0.25) is 0 Å². The molecule has 0 heterocycles. The van der Waals surface area contributed by atoms with Gasteiger partial charge >= 0.3 is 0 Å². The number of hydrogen-bond donors (Lipinski definition) is 1. The Morgan fingerprint density at radius 3 is 1.45 bits per heavy atom. The number of aliphatic hydroxyl groups is 1. The van der Waals surface area contributed by atoms with Gasteiger partial charge in [0.2, 0.25) is 0 Å². The molecule has 1 aromatic rings. The Morgan fingerprint density at radius 1 is 1.00 bits per heavy atom. The molecule has 0 spiro atoms. The van der Waals surface area contributed by atoms with Crippen molar-refractivity contribution in [1.29, 1.82) is 0 Å². The molecule has 1 heteroatoms. The van der Waals surface area contributed by atoms with Crippen LogP contribution in [-0.4, -0.2) is 11.7 Å². The van der Waals surface area contributed by atoms with E-state index in [1.807, 2.05) is 36.4 Å². The third kappa shape index (κ3) is 8.92. The SMILES string of the molecule is C=CCCO.c1ccccc1. The van der Waals surface area contributed by atoms with Crippen molar-refractivity contribution in [3.63, 3.8) is 0 Å². The second kappa shape index (κ2) is 8.92. The Balaban J connectivity index is 0.000000187. The molecule has 1 aromatic carbocycles. The van der Waals surface area contributed by atoms with E-state index in [1.165, 1.54) is 0 Å². The summed E-state index contributed by atoms with van der Waals surface area (Å²) in [6.45, 7) is 3.62. The van der Waals surface area contributed by atoms with Crippen molar-refractivity contribution in [2.24, 2.45) is 0 Å². The zero-order valence-electron chi connectivity index (χ0n) is 6.61. The summed E-state index contributed by atoms with van der Waals surface area (Å²) in [6.07, 6.45) is 2.39. The van der Waals surface area contributed by atoms with Crippen LogP contribution in [0.4, 0.5) is 0 Å². The van der Waals surface area contributed by atoms with Gasteiger partial charge in [0.15, 0.2) is 0 Å². The highest BCUT2D eigenvalue weighted by Crippen LogP contribution is 1.79. The number of hydrogen-bond acceptors (Lipinski definition) is 1. The molecule has 0 amide bonds. The quantitative estimate of drug-likeness (QED) is 0.641. The molecule has 0 unspecified atom stereocenters. The largest absolute Gasteiger partial charge is 0.396 e. The highest BCUT2D eigenvalue weighted by molar-refractivity contribution is 4.99. The Bertz CT molecular complexity index is 131. The Morgan fingerprint density at radius 2 is 1.36 bits per heavy atom. The molecular weight excluding hydrogens is 136 g/mol. The van der Waals surface area contributed by atoms with Crippen molar-refractivity contribution in [2.75, 3.05) is 6.61 Å². The third-order valence-electron chi connectivity index (χ3n) is 1.000. The molecule has 0 radical (unpaired) electrons. The maximum Gasteiger partial charge on any atom is 0.0465 e. The van der Waals surface area contributed by atoms with Crippen LogP contribution in [0, 0.1) is 0 Å². The van der Waals surface area contributed by atoms with Gasteiger partial charge in [-0.3, -0.25) is 0 Å². The van der Waals surface area contributed by atoms with Gasteiger partial charge in [0.1, 0.15) is 0 Å². The van der Waals surface area contributed by atoms with Crippen LogP contribution in [-0.2, 0) is 0 Å². The lowest BCUT2D eigenvalue weighted by Gasteiger charge is -1.73. The minimum atomic E-state index is 0.226. The summed E-state index contributed by atoms with van der Waals surface area (Å²) >= 11 is 0. The molecule has 0 aromatic heterocycles. The van der Waals surface area contributed by atoms with Crippen molar-refractivity contribution >= 4 is 0 Å². The minimum absolute atomic E-state index is 0.226. The lowest BCUT2D eigenvalue weighted by Crippen LogP contribution is -1.71. The summed E-state index contributed by atoms with van der Waals surface area (Å²) in [5.41, 5.74) is 0. The average molecular weight is 150 g/mol. The highest BCUT2D eigenvalue weighted by atomic mass is 16.2. The average Bonchev–Trinajstić information content (AvgIpc) is 2.10. The second-order valence-electron chi connectivity index (χ2n) is 1.96. The monoisotopic (exact) mass is 150 g/mol. The van der Waals surface area contributed by atoms with E-state index in [1.54, 1.807) is 6.08 Å². The van der Waals surface area contributed by atoms with Crippen LogP contribution in [0.15, 0.2) is 49.1 Å². The Labute approximate surface area is 68.0 Å². The molecule has 1 rings (SSSR count). The van der Waals surface area contributed by atoms with Crippen molar-refractivity contribution < 1.29 is 5.11 Å². The lowest BCUT2D eigenvalue weighted by molar-refractivity contribution is 0.303. The molecule has 1 N–H and O–H groups in total. The van der Waals surface area contributed by atoms with Crippen molar-refractivity contribution in [2.45, 2.75) is 6.42 Å². The van der Waals surface area contributed by atoms with E-state index in [4.69, 9.17) is 5.11 Å². The van der Waals surface area contributed by atoms with Gasteiger partial charge < -0.3 is 5.11 Å². The van der Waals surface area contributed by atoms with E-state index >= 15 is 0 Å². The van der Waals surface area contributed by atoms with E-state index in [0.29, 0.717) is 6.42 Å². The van der Waals surface area contributed by atoms with E-state index in [9.17, 15) is 0 Å². The third-order valence-corrected chi connectivity index (χ3v) is 1.000. The molecule has 1 nitrogen and oxygen atoms in total. The van der Waals surface area contributed by atoms with Crippen LogP contribution in [0.3, 0.4) is 0 Å². The molecule has 0 saturated carbocycles. The first kappa shape index (κ1) is 9.92. The van der Waals surface area contributed by atoms with Gasteiger partial charge in [-0.25, -0.2) is 0 Å². The first-order valence-electron chi connectivity index (χ1n) is 3.63. The van der Waals surface area contributed by atoms with Gasteiger partial charge in [0, 0.05) is 6.61 Å². The lowest BCUT2D eigenvalue weighted by atomic mass is 10.4. The van der Waals surface area contributed by atoms with E-state index in [-0.39, 0.29) is 6.61 Å². The summed E-state index contributed by atoms with van der Waals surface area (Å²) in [6, 6.07) is 12.0. The van der Waals surface area contributed by atoms with Crippen molar-refractivity contribution in [3.8, 4) is 0 Å². The maximum absolute atomic E-state index is 8.00. The van der Waals surface area contributed by atoms with Gasteiger partial charge in [-0.15, -0.1) is 6.58 Å². The van der Waals surface area contributed by atoms with Gasteiger partial charge in [0.05, 0.1) is 0 Å². The van der Waals surface area contributed by atoms with Crippen LogP contribution in [0.25, 0.3) is 0 Å². The Kier molecular flexibility index (Phi) is 8.04. The minimum Gasteiger partial charge on any atom is -0.396 e. The number of aliphatic hydroxyl groups excluding tert-OH is 1. The fourth-order valence-electron chi connectivity index (χ4n) is 0.476. The predicted molar refractivity (Wildman–Crippen MR) is 48.3 cm³/mol. The van der Waals surface area contributed by atoms with Crippen LogP contribution < -0.4 is 0 Å². The first-order chi connectivity index (χ1) is 5.41. The predicted octanol–water partition coefficient (Wildman–Crippen LogP) is 2.24. The topological polar surface area (TPSA) is 20.2 Å². The van der Waals surface area contributed by atoms with E-state index < -0.39 is 0 Å². The molecule has 0 bridgehead atoms. The van der Waals surface area contributed by atoms with Gasteiger partial charge in [-0.2, -0.15) is 0 Å². The smallest absolute Gasteiger partial charge is 0.0465 e. The summed E-state index contributed by atoms with van der Waals surface area (Å²) in [5.74, 6) is 0. The molecular formula is C10H14O. The van der Waals surface area contributed by atoms with Crippen molar-refractivity contribution in [1.82, 2.24) is 0 Å². The fourth-order valence-corrected chi connectivity index (χ4v) is 0.476. The van der Waals surface area contributed by atoms with Gasteiger partial charge in [-0.05, 0) is 6.42 Å². The standard InChI is InChI=1S/C6H6.C4H8O/c1-2-4-6-5-3-1;1-2-3-4-5/h1-6H;2,5H,1,3-4H2. The number of benzene rings is 1. The highest BCUT2D eigenvalue weighted by Gasteiger charge is 1.62. The van der Waals surface area contributed by atoms with Gasteiger partial charge in [0.25, 0.3) is 0 Å². The van der Waals surface area contributed by atoms with Crippen LogP contribution >= 0.6 is 0 Å². The van der Waals surface area contributed by atoms with E-state index in [2.05, 4.69) is 6.58 Å².